The molecule has 0 saturated carbocycles. The fourth-order valence-electron chi connectivity index (χ4n) is 1.84. The summed E-state index contributed by atoms with van der Waals surface area (Å²) < 4.78 is 6.96. The minimum atomic E-state index is -1.05. The number of ether oxygens (including phenoxy) is 1. The molecule has 0 radical (unpaired) electrons. The standard InChI is InChI=1S/C13H22N2O4/c1-13(2,3)11-9(8-15(4)14-11)10(12(17)18)19-7-5-6-16/h8,10,16H,5-7H2,1-4H3,(H,17,18). The number of hydrogen-bond acceptors (Lipinski definition) is 4. The van der Waals surface area contributed by atoms with Crippen molar-refractivity contribution in [2.24, 2.45) is 7.05 Å². The van der Waals surface area contributed by atoms with Crippen molar-refractivity contribution in [1.29, 1.82) is 0 Å². The molecule has 0 amide bonds. The van der Waals surface area contributed by atoms with Crippen LogP contribution in [0, 0.1) is 0 Å². The predicted molar refractivity (Wildman–Crippen MR) is 69.9 cm³/mol. The van der Waals surface area contributed by atoms with Crippen LogP contribution in [0.3, 0.4) is 0 Å². The Balaban J connectivity index is 3.05. The highest BCUT2D eigenvalue weighted by atomic mass is 16.5. The second-order valence-electron chi connectivity index (χ2n) is 5.52. The molecule has 19 heavy (non-hydrogen) atoms. The second-order valence-corrected chi connectivity index (χ2v) is 5.52. The van der Waals surface area contributed by atoms with Crippen molar-refractivity contribution < 1.29 is 19.7 Å². The molecule has 108 valence electrons. The van der Waals surface area contributed by atoms with E-state index in [1.807, 2.05) is 20.8 Å². The van der Waals surface area contributed by atoms with E-state index in [-0.39, 0.29) is 18.6 Å². The molecule has 0 aliphatic rings. The van der Waals surface area contributed by atoms with Gasteiger partial charge in [-0.2, -0.15) is 5.10 Å². The van der Waals surface area contributed by atoms with Crippen molar-refractivity contribution in [3.63, 3.8) is 0 Å². The van der Waals surface area contributed by atoms with Crippen LogP contribution in [0.4, 0.5) is 0 Å². The van der Waals surface area contributed by atoms with Gasteiger partial charge in [-0.05, 0) is 6.42 Å². The Hall–Kier alpha value is -1.40. The van der Waals surface area contributed by atoms with Crippen molar-refractivity contribution in [2.45, 2.75) is 38.7 Å². The molecule has 6 heteroatoms. The van der Waals surface area contributed by atoms with E-state index in [1.165, 1.54) is 0 Å². The first-order valence-electron chi connectivity index (χ1n) is 6.26. The first kappa shape index (κ1) is 15.7. The van der Waals surface area contributed by atoms with Crippen molar-refractivity contribution in [1.82, 2.24) is 9.78 Å². The molecule has 0 bridgehead atoms. The highest BCUT2D eigenvalue weighted by Gasteiger charge is 2.31. The van der Waals surface area contributed by atoms with Gasteiger partial charge in [-0.25, -0.2) is 4.79 Å². The maximum atomic E-state index is 11.4. The third-order valence-electron chi connectivity index (χ3n) is 2.66. The van der Waals surface area contributed by atoms with Crippen LogP contribution >= 0.6 is 0 Å². The maximum Gasteiger partial charge on any atom is 0.337 e. The number of aliphatic hydroxyl groups is 1. The first-order chi connectivity index (χ1) is 8.77. The van der Waals surface area contributed by atoms with Crippen LogP contribution in [0.2, 0.25) is 0 Å². The van der Waals surface area contributed by atoms with E-state index in [0.717, 1.165) is 0 Å². The zero-order valence-electron chi connectivity index (χ0n) is 11.9. The van der Waals surface area contributed by atoms with Crippen LogP contribution in [0.5, 0.6) is 0 Å². The first-order valence-corrected chi connectivity index (χ1v) is 6.26. The van der Waals surface area contributed by atoms with Gasteiger partial charge in [0, 0.05) is 30.8 Å². The Labute approximate surface area is 113 Å². The Bertz CT molecular complexity index is 434. The van der Waals surface area contributed by atoms with Gasteiger partial charge in [0.05, 0.1) is 12.3 Å². The number of carboxylic acids is 1. The molecular formula is C13H22N2O4. The van der Waals surface area contributed by atoms with Gasteiger partial charge in [-0.3, -0.25) is 4.68 Å². The van der Waals surface area contributed by atoms with Gasteiger partial charge in [0.15, 0.2) is 6.10 Å². The lowest BCUT2D eigenvalue weighted by molar-refractivity contribution is -0.151. The van der Waals surface area contributed by atoms with E-state index in [4.69, 9.17) is 9.84 Å². The van der Waals surface area contributed by atoms with Crippen LogP contribution in [-0.4, -0.2) is 39.2 Å². The molecule has 2 N–H and O–H groups in total. The minimum Gasteiger partial charge on any atom is -0.479 e. The number of aliphatic hydroxyl groups excluding tert-OH is 1. The van der Waals surface area contributed by atoms with E-state index < -0.39 is 12.1 Å². The quantitative estimate of drug-likeness (QED) is 0.760. The lowest BCUT2D eigenvalue weighted by Crippen LogP contribution is -2.22. The molecule has 6 nitrogen and oxygen atoms in total. The molecule has 1 aromatic rings. The van der Waals surface area contributed by atoms with E-state index in [0.29, 0.717) is 17.7 Å². The van der Waals surface area contributed by atoms with Gasteiger partial charge in [-0.1, -0.05) is 20.8 Å². The number of aryl methyl sites for hydroxylation is 1. The number of carboxylic acid groups (broad SMARTS) is 1. The Morgan fingerprint density at radius 2 is 2.16 bits per heavy atom. The van der Waals surface area contributed by atoms with Crippen molar-refractivity contribution in [3.05, 3.63) is 17.5 Å². The summed E-state index contributed by atoms with van der Waals surface area (Å²) in [6.07, 6.45) is 1.04. The fourth-order valence-corrected chi connectivity index (χ4v) is 1.84. The average Bonchev–Trinajstić information content (AvgIpc) is 2.65. The number of hydrogen-bond donors (Lipinski definition) is 2. The van der Waals surface area contributed by atoms with Crippen LogP contribution in [0.25, 0.3) is 0 Å². The predicted octanol–water partition coefficient (Wildman–Crippen LogP) is 1.24. The topological polar surface area (TPSA) is 84.6 Å². The van der Waals surface area contributed by atoms with E-state index in [9.17, 15) is 9.90 Å². The molecule has 1 heterocycles. The highest BCUT2D eigenvalue weighted by molar-refractivity contribution is 5.74. The van der Waals surface area contributed by atoms with Gasteiger partial charge in [0.1, 0.15) is 0 Å². The summed E-state index contributed by atoms with van der Waals surface area (Å²) in [5, 5.41) is 22.4. The number of nitrogens with zero attached hydrogens (tertiary/aromatic N) is 2. The molecule has 0 aromatic carbocycles. The highest BCUT2D eigenvalue weighted by Crippen LogP contribution is 2.30. The monoisotopic (exact) mass is 270 g/mol. The summed E-state index contributed by atoms with van der Waals surface area (Å²) in [7, 11) is 1.76. The molecule has 0 aliphatic carbocycles. The zero-order chi connectivity index (χ0) is 14.6. The Morgan fingerprint density at radius 3 is 2.63 bits per heavy atom. The van der Waals surface area contributed by atoms with E-state index >= 15 is 0 Å². The molecular weight excluding hydrogens is 248 g/mol. The third kappa shape index (κ3) is 4.04. The van der Waals surface area contributed by atoms with Gasteiger partial charge in [-0.15, -0.1) is 0 Å². The summed E-state index contributed by atoms with van der Waals surface area (Å²) in [5.41, 5.74) is 1.02. The molecule has 1 atom stereocenters. The number of carbonyl (C=O) groups is 1. The van der Waals surface area contributed by atoms with Crippen LogP contribution < -0.4 is 0 Å². The summed E-state index contributed by atoms with van der Waals surface area (Å²) in [6, 6.07) is 0. The fraction of sp³-hybridized carbons (Fsp3) is 0.692. The molecule has 0 spiro atoms. The van der Waals surface area contributed by atoms with Gasteiger partial charge < -0.3 is 14.9 Å². The van der Waals surface area contributed by atoms with Gasteiger partial charge in [0.2, 0.25) is 0 Å². The summed E-state index contributed by atoms with van der Waals surface area (Å²) in [5.74, 6) is -1.04. The molecule has 0 aliphatic heterocycles. The Morgan fingerprint density at radius 1 is 1.53 bits per heavy atom. The maximum absolute atomic E-state index is 11.4. The lowest BCUT2D eigenvalue weighted by atomic mass is 9.88. The van der Waals surface area contributed by atoms with Crippen LogP contribution in [0.15, 0.2) is 6.20 Å². The van der Waals surface area contributed by atoms with Crippen molar-refractivity contribution >= 4 is 5.97 Å². The SMILES string of the molecule is Cn1cc(C(OCCCO)C(=O)O)c(C(C)(C)C)n1. The van der Waals surface area contributed by atoms with Crippen LogP contribution in [0.1, 0.15) is 44.6 Å². The molecule has 0 saturated heterocycles. The van der Waals surface area contributed by atoms with Gasteiger partial charge >= 0.3 is 5.97 Å². The lowest BCUT2D eigenvalue weighted by Gasteiger charge is -2.20. The Kier molecular flexibility index (Phi) is 5.08. The largest absolute Gasteiger partial charge is 0.479 e. The van der Waals surface area contributed by atoms with Gasteiger partial charge in [0.25, 0.3) is 0 Å². The van der Waals surface area contributed by atoms with Crippen molar-refractivity contribution in [3.8, 4) is 0 Å². The van der Waals surface area contributed by atoms with Crippen molar-refractivity contribution in [2.75, 3.05) is 13.2 Å². The summed E-state index contributed by atoms with van der Waals surface area (Å²) >= 11 is 0. The zero-order valence-corrected chi connectivity index (χ0v) is 11.9. The smallest absolute Gasteiger partial charge is 0.337 e. The number of aliphatic carboxylic acids is 1. The molecule has 1 unspecified atom stereocenters. The minimum absolute atomic E-state index is 0.0223. The number of aromatic nitrogens is 2. The van der Waals surface area contributed by atoms with E-state index in [1.54, 1.807) is 17.9 Å². The normalized spacial score (nSPS) is 13.5. The molecule has 1 rings (SSSR count). The number of rotatable bonds is 6. The van der Waals surface area contributed by atoms with Crippen LogP contribution in [-0.2, 0) is 22.0 Å². The summed E-state index contributed by atoms with van der Waals surface area (Å²) in [6.45, 7) is 6.11. The summed E-state index contributed by atoms with van der Waals surface area (Å²) in [4.78, 5) is 11.4. The third-order valence-corrected chi connectivity index (χ3v) is 2.66. The second kappa shape index (κ2) is 6.16. The molecule has 0 fully saturated rings. The molecule has 1 aromatic heterocycles. The average molecular weight is 270 g/mol. The van der Waals surface area contributed by atoms with E-state index in [2.05, 4.69) is 5.10 Å².